The highest BCUT2D eigenvalue weighted by molar-refractivity contribution is 5.43. The van der Waals surface area contributed by atoms with Crippen molar-refractivity contribution in [1.82, 2.24) is 9.80 Å². The predicted molar refractivity (Wildman–Crippen MR) is 113 cm³/mol. The van der Waals surface area contributed by atoms with Gasteiger partial charge in [0, 0.05) is 13.1 Å². The molecular weight excluding hydrogens is 368 g/mol. The van der Waals surface area contributed by atoms with Crippen LogP contribution in [0.15, 0.2) is 34.7 Å². The normalized spacial score (nSPS) is 16.2. The average Bonchev–Trinajstić information content (AvgIpc) is 3.11. The van der Waals surface area contributed by atoms with E-state index < -0.39 is 6.10 Å². The third-order valence-electron chi connectivity index (χ3n) is 5.25. The Hall–Kier alpha value is -2.02. The first-order valence-electron chi connectivity index (χ1n) is 10.5. The molecule has 1 atom stereocenters. The first-order chi connectivity index (χ1) is 14.0. The van der Waals surface area contributed by atoms with Gasteiger partial charge in [0.15, 0.2) is 11.5 Å². The van der Waals surface area contributed by atoms with Crippen LogP contribution in [0.1, 0.15) is 36.3 Å². The Morgan fingerprint density at radius 2 is 1.90 bits per heavy atom. The van der Waals surface area contributed by atoms with Gasteiger partial charge in [-0.25, -0.2) is 0 Å². The maximum absolute atomic E-state index is 10.4. The fourth-order valence-electron chi connectivity index (χ4n) is 3.81. The van der Waals surface area contributed by atoms with Crippen LogP contribution in [-0.2, 0) is 13.1 Å². The SMILES string of the molecule is COc1ccc(CN(C)Cc2ccc(C)o2)cc1OC[C@H](O)CN1CCCCC1. The van der Waals surface area contributed by atoms with Crippen molar-refractivity contribution in [2.45, 2.75) is 45.4 Å². The first-order valence-corrected chi connectivity index (χ1v) is 10.5. The molecule has 2 heterocycles. The molecule has 29 heavy (non-hydrogen) atoms. The molecule has 1 N–H and O–H groups in total. The molecule has 2 aromatic rings. The Morgan fingerprint density at radius 3 is 2.59 bits per heavy atom. The minimum atomic E-state index is -0.508. The molecule has 0 amide bonds. The maximum atomic E-state index is 10.4. The summed E-state index contributed by atoms with van der Waals surface area (Å²) in [4.78, 5) is 4.51. The van der Waals surface area contributed by atoms with E-state index in [0.29, 0.717) is 18.0 Å². The third-order valence-corrected chi connectivity index (χ3v) is 5.25. The summed E-state index contributed by atoms with van der Waals surface area (Å²) in [5.41, 5.74) is 1.12. The number of methoxy groups -OCH3 is 1. The van der Waals surface area contributed by atoms with Crippen molar-refractivity contribution < 1.29 is 19.0 Å². The van der Waals surface area contributed by atoms with Crippen molar-refractivity contribution in [3.05, 3.63) is 47.4 Å². The molecule has 6 nitrogen and oxygen atoms in total. The van der Waals surface area contributed by atoms with Gasteiger partial charge in [-0.3, -0.25) is 4.90 Å². The number of aliphatic hydroxyl groups is 1. The summed E-state index contributed by atoms with van der Waals surface area (Å²) in [5.74, 6) is 3.24. The van der Waals surface area contributed by atoms with Crippen LogP contribution in [0.4, 0.5) is 0 Å². The topological polar surface area (TPSA) is 58.3 Å². The van der Waals surface area contributed by atoms with Crippen LogP contribution in [0, 0.1) is 6.92 Å². The molecule has 6 heteroatoms. The van der Waals surface area contributed by atoms with E-state index in [1.165, 1.54) is 19.3 Å². The van der Waals surface area contributed by atoms with Crippen LogP contribution in [0.25, 0.3) is 0 Å². The average molecular weight is 403 g/mol. The highest BCUT2D eigenvalue weighted by Crippen LogP contribution is 2.29. The van der Waals surface area contributed by atoms with Crippen LogP contribution in [0.2, 0.25) is 0 Å². The second kappa shape index (κ2) is 10.7. The number of rotatable bonds is 10. The molecule has 3 rings (SSSR count). The van der Waals surface area contributed by atoms with Gasteiger partial charge in [-0.1, -0.05) is 12.5 Å². The lowest BCUT2D eigenvalue weighted by Gasteiger charge is -2.28. The van der Waals surface area contributed by atoms with Crippen molar-refractivity contribution in [3.63, 3.8) is 0 Å². The van der Waals surface area contributed by atoms with Gasteiger partial charge >= 0.3 is 0 Å². The molecular formula is C23H34N2O4. The number of furan rings is 1. The minimum absolute atomic E-state index is 0.262. The standard InChI is InChI=1S/C23H34N2O4/c1-18-7-9-21(29-18)16-24(2)14-19-8-10-22(27-3)23(13-19)28-17-20(26)15-25-11-5-4-6-12-25/h7-10,13,20,26H,4-6,11-12,14-17H2,1-3H3/t20-/m1/s1. The number of benzene rings is 1. The fourth-order valence-corrected chi connectivity index (χ4v) is 3.81. The zero-order valence-electron chi connectivity index (χ0n) is 17.9. The quantitative estimate of drug-likeness (QED) is 0.657. The Kier molecular flexibility index (Phi) is 7.98. The number of ether oxygens (including phenoxy) is 2. The zero-order chi connectivity index (χ0) is 20.6. The van der Waals surface area contributed by atoms with Crippen LogP contribution in [0.3, 0.4) is 0 Å². The van der Waals surface area contributed by atoms with Crippen LogP contribution in [0.5, 0.6) is 11.5 Å². The monoisotopic (exact) mass is 402 g/mol. The fraction of sp³-hybridized carbons (Fsp3) is 0.565. The molecule has 0 spiro atoms. The summed E-state index contributed by atoms with van der Waals surface area (Å²) >= 11 is 0. The van der Waals surface area contributed by atoms with E-state index in [2.05, 4.69) is 16.8 Å². The molecule has 1 aromatic heterocycles. The Balaban J connectivity index is 1.54. The number of likely N-dealkylation sites (tertiary alicyclic amines) is 1. The molecule has 1 saturated heterocycles. The molecule has 0 saturated carbocycles. The van der Waals surface area contributed by atoms with Gasteiger partial charge in [0.25, 0.3) is 0 Å². The second-order valence-corrected chi connectivity index (χ2v) is 8.00. The van der Waals surface area contributed by atoms with Gasteiger partial charge in [0.1, 0.15) is 24.2 Å². The molecule has 0 unspecified atom stereocenters. The smallest absolute Gasteiger partial charge is 0.161 e. The van der Waals surface area contributed by atoms with E-state index in [4.69, 9.17) is 13.9 Å². The van der Waals surface area contributed by atoms with Crippen molar-refractivity contribution in [3.8, 4) is 11.5 Å². The van der Waals surface area contributed by atoms with Crippen molar-refractivity contribution in [2.75, 3.05) is 40.4 Å². The predicted octanol–water partition coefficient (Wildman–Crippen LogP) is 3.45. The third kappa shape index (κ3) is 6.77. The van der Waals surface area contributed by atoms with Gasteiger partial charge in [-0.05, 0) is 69.7 Å². The molecule has 160 valence electrons. The number of aryl methyl sites for hydroxylation is 1. The molecule has 1 aliphatic heterocycles. The van der Waals surface area contributed by atoms with Crippen LogP contribution in [-0.4, -0.2) is 61.4 Å². The summed E-state index contributed by atoms with van der Waals surface area (Å²) in [6.45, 7) is 6.51. The van der Waals surface area contributed by atoms with Crippen LogP contribution < -0.4 is 9.47 Å². The van der Waals surface area contributed by atoms with Gasteiger partial charge in [-0.2, -0.15) is 0 Å². The Labute approximate surface area is 174 Å². The van der Waals surface area contributed by atoms with E-state index in [-0.39, 0.29) is 6.61 Å². The van der Waals surface area contributed by atoms with Crippen molar-refractivity contribution >= 4 is 0 Å². The molecule has 0 aliphatic carbocycles. The summed E-state index contributed by atoms with van der Waals surface area (Å²) in [6.07, 6.45) is 3.22. The number of nitrogens with zero attached hydrogens (tertiary/aromatic N) is 2. The second-order valence-electron chi connectivity index (χ2n) is 8.00. The lowest BCUT2D eigenvalue weighted by molar-refractivity contribution is 0.0608. The highest BCUT2D eigenvalue weighted by Gasteiger charge is 2.16. The molecule has 1 fully saturated rings. The van der Waals surface area contributed by atoms with Gasteiger partial charge in [-0.15, -0.1) is 0 Å². The maximum Gasteiger partial charge on any atom is 0.161 e. The summed E-state index contributed by atoms with van der Waals surface area (Å²) in [7, 11) is 3.70. The van der Waals surface area contributed by atoms with Gasteiger partial charge < -0.3 is 23.9 Å². The van der Waals surface area contributed by atoms with E-state index in [9.17, 15) is 5.11 Å². The minimum Gasteiger partial charge on any atom is -0.493 e. The summed E-state index contributed by atoms with van der Waals surface area (Å²) < 4.78 is 17.0. The van der Waals surface area contributed by atoms with Crippen LogP contribution >= 0.6 is 0 Å². The zero-order valence-corrected chi connectivity index (χ0v) is 17.9. The number of hydrogen-bond acceptors (Lipinski definition) is 6. The van der Waals surface area contributed by atoms with Crippen molar-refractivity contribution in [2.24, 2.45) is 0 Å². The molecule has 0 bridgehead atoms. The number of aliphatic hydroxyl groups excluding tert-OH is 1. The van der Waals surface area contributed by atoms with E-state index in [0.717, 1.165) is 43.3 Å². The number of β-amino-alcohol motifs (C(OH)–C–C–N with tert-alkyl or cyclic N) is 1. The number of piperidine rings is 1. The highest BCUT2D eigenvalue weighted by atomic mass is 16.5. The first kappa shape index (κ1) is 21.7. The molecule has 1 aromatic carbocycles. The molecule has 1 aliphatic rings. The number of hydrogen-bond donors (Lipinski definition) is 1. The van der Waals surface area contributed by atoms with Crippen molar-refractivity contribution in [1.29, 1.82) is 0 Å². The van der Waals surface area contributed by atoms with E-state index >= 15 is 0 Å². The largest absolute Gasteiger partial charge is 0.493 e. The van der Waals surface area contributed by atoms with E-state index in [1.807, 2.05) is 37.3 Å². The lowest BCUT2D eigenvalue weighted by Crippen LogP contribution is -2.38. The van der Waals surface area contributed by atoms with Gasteiger partial charge in [0.2, 0.25) is 0 Å². The van der Waals surface area contributed by atoms with Gasteiger partial charge in [0.05, 0.1) is 13.7 Å². The molecule has 0 radical (unpaired) electrons. The summed E-state index contributed by atoms with van der Waals surface area (Å²) in [5, 5.41) is 10.4. The summed E-state index contributed by atoms with van der Waals surface area (Å²) in [6, 6.07) is 9.96. The lowest BCUT2D eigenvalue weighted by atomic mass is 10.1. The Bertz CT molecular complexity index is 755. The van der Waals surface area contributed by atoms with E-state index in [1.54, 1.807) is 7.11 Å². The Morgan fingerprint density at radius 1 is 1.10 bits per heavy atom.